The molecule has 26 heavy (non-hydrogen) atoms. The van der Waals surface area contributed by atoms with Gasteiger partial charge >= 0.3 is 0 Å². The molecule has 0 unspecified atom stereocenters. The first-order valence-electron chi connectivity index (χ1n) is 9.33. The van der Waals surface area contributed by atoms with E-state index in [9.17, 15) is 4.79 Å². The van der Waals surface area contributed by atoms with Gasteiger partial charge in [0.1, 0.15) is 0 Å². The van der Waals surface area contributed by atoms with Gasteiger partial charge in [-0.15, -0.1) is 0 Å². The van der Waals surface area contributed by atoms with Gasteiger partial charge < -0.3 is 4.98 Å². The standard InChI is InChI=1S/C24H21NO/c26-23(17-11-12-17)22-21-13-14-24(15-18(21)16-25-22,19-7-3-1-4-8-19)20-9-5-2-6-10-20/h1-10,13-14,16-17,25H,11-12,15H2. The monoisotopic (exact) mass is 339 g/mol. The van der Waals surface area contributed by atoms with Crippen LogP contribution in [-0.2, 0) is 11.8 Å². The van der Waals surface area contributed by atoms with E-state index in [0.29, 0.717) is 0 Å². The average molecular weight is 339 g/mol. The maximum absolute atomic E-state index is 12.6. The molecule has 2 nitrogen and oxygen atoms in total. The molecule has 3 aromatic rings. The topological polar surface area (TPSA) is 32.9 Å². The third-order valence-corrected chi connectivity index (χ3v) is 5.78. The third-order valence-electron chi connectivity index (χ3n) is 5.78. The number of fused-ring (bicyclic) bond motifs is 1. The van der Waals surface area contributed by atoms with Gasteiger partial charge in [-0.1, -0.05) is 72.8 Å². The first kappa shape index (κ1) is 15.4. The van der Waals surface area contributed by atoms with Gasteiger partial charge in [-0.25, -0.2) is 0 Å². The van der Waals surface area contributed by atoms with E-state index >= 15 is 0 Å². The lowest BCUT2D eigenvalue weighted by molar-refractivity contribution is 0.0963. The number of Topliss-reactive ketones (excluding diaryl/α,β-unsaturated/α-hetero) is 1. The first-order valence-corrected chi connectivity index (χ1v) is 9.33. The fourth-order valence-corrected chi connectivity index (χ4v) is 4.18. The molecule has 2 aromatic carbocycles. The molecule has 2 aliphatic carbocycles. The van der Waals surface area contributed by atoms with Crippen molar-refractivity contribution in [2.75, 3.05) is 0 Å². The Kier molecular flexibility index (Phi) is 3.46. The minimum absolute atomic E-state index is 0.197. The fourth-order valence-electron chi connectivity index (χ4n) is 4.18. The van der Waals surface area contributed by atoms with E-state index in [1.807, 2.05) is 6.20 Å². The van der Waals surface area contributed by atoms with Gasteiger partial charge in [-0.05, 0) is 36.0 Å². The Morgan fingerprint density at radius 1 is 0.923 bits per heavy atom. The zero-order valence-corrected chi connectivity index (χ0v) is 14.6. The quantitative estimate of drug-likeness (QED) is 0.654. The van der Waals surface area contributed by atoms with Gasteiger partial charge in [0.2, 0.25) is 0 Å². The molecule has 1 fully saturated rings. The lowest BCUT2D eigenvalue weighted by Crippen LogP contribution is -2.30. The largest absolute Gasteiger partial charge is 0.358 e. The number of H-pyrrole nitrogens is 1. The number of carbonyl (C=O) groups excluding carboxylic acids is 1. The molecule has 1 heterocycles. The number of aromatic nitrogens is 1. The molecule has 0 spiro atoms. The Hall–Kier alpha value is -2.87. The Balaban J connectivity index is 1.63. The van der Waals surface area contributed by atoms with Crippen molar-refractivity contribution in [3.05, 3.63) is 101 Å². The molecule has 0 aliphatic heterocycles. The highest BCUT2D eigenvalue weighted by Crippen LogP contribution is 2.43. The summed E-state index contributed by atoms with van der Waals surface area (Å²) in [5.41, 5.74) is 5.48. The molecule has 2 aliphatic rings. The average Bonchev–Trinajstić information content (AvgIpc) is 3.48. The van der Waals surface area contributed by atoms with Gasteiger partial charge in [0.05, 0.1) is 5.69 Å². The molecule has 0 amide bonds. The second kappa shape index (κ2) is 5.84. The molecule has 1 saturated carbocycles. The fraction of sp³-hybridized carbons (Fsp3) is 0.208. The normalized spacial score (nSPS) is 17.7. The van der Waals surface area contributed by atoms with Crippen LogP contribution in [0, 0.1) is 5.92 Å². The van der Waals surface area contributed by atoms with Crippen molar-refractivity contribution in [3.63, 3.8) is 0 Å². The first-order chi connectivity index (χ1) is 12.8. The second-order valence-electron chi connectivity index (χ2n) is 7.45. The number of benzene rings is 2. The van der Waals surface area contributed by atoms with E-state index in [1.54, 1.807) is 0 Å². The maximum atomic E-state index is 12.6. The lowest BCUT2D eigenvalue weighted by Gasteiger charge is -2.35. The molecule has 0 atom stereocenters. The second-order valence-corrected chi connectivity index (χ2v) is 7.45. The molecule has 2 heteroatoms. The number of ketones is 1. The summed E-state index contributed by atoms with van der Waals surface area (Å²) in [6.07, 6.45) is 9.42. The summed E-state index contributed by atoms with van der Waals surface area (Å²) in [7, 11) is 0. The molecule has 1 N–H and O–H groups in total. The number of nitrogens with one attached hydrogen (secondary N) is 1. The van der Waals surface area contributed by atoms with E-state index in [-0.39, 0.29) is 17.1 Å². The minimum atomic E-state index is -0.197. The van der Waals surface area contributed by atoms with Gasteiger partial charge in [0.15, 0.2) is 5.78 Å². The highest BCUT2D eigenvalue weighted by atomic mass is 16.1. The molecule has 5 rings (SSSR count). The van der Waals surface area contributed by atoms with Gasteiger partial charge in [0.25, 0.3) is 0 Å². The Bertz CT molecular complexity index is 938. The summed E-state index contributed by atoms with van der Waals surface area (Å²) in [6.45, 7) is 0. The Labute approximate surface area is 153 Å². The van der Waals surface area contributed by atoms with Crippen molar-refractivity contribution >= 4 is 11.9 Å². The van der Waals surface area contributed by atoms with Crippen LogP contribution in [0.4, 0.5) is 0 Å². The van der Waals surface area contributed by atoms with E-state index in [0.717, 1.165) is 30.5 Å². The van der Waals surface area contributed by atoms with Crippen molar-refractivity contribution in [1.82, 2.24) is 4.98 Å². The molecule has 128 valence electrons. The smallest absolute Gasteiger partial charge is 0.182 e. The van der Waals surface area contributed by atoms with Gasteiger partial charge in [0, 0.05) is 23.1 Å². The van der Waals surface area contributed by atoms with Crippen molar-refractivity contribution in [2.24, 2.45) is 5.92 Å². The zero-order valence-electron chi connectivity index (χ0n) is 14.6. The van der Waals surface area contributed by atoms with Crippen LogP contribution in [0.2, 0.25) is 0 Å². The molecular formula is C24H21NO. The van der Waals surface area contributed by atoms with Gasteiger partial charge in [-0.3, -0.25) is 4.79 Å². The number of rotatable bonds is 4. The lowest BCUT2D eigenvalue weighted by atomic mass is 9.68. The minimum Gasteiger partial charge on any atom is -0.358 e. The third kappa shape index (κ3) is 2.37. The summed E-state index contributed by atoms with van der Waals surface area (Å²) in [4.78, 5) is 15.9. The van der Waals surface area contributed by atoms with E-state index in [4.69, 9.17) is 0 Å². The van der Waals surface area contributed by atoms with Crippen LogP contribution in [-0.4, -0.2) is 10.8 Å². The molecule has 1 aromatic heterocycles. The van der Waals surface area contributed by atoms with Crippen LogP contribution >= 0.6 is 0 Å². The van der Waals surface area contributed by atoms with Crippen LogP contribution in [0.3, 0.4) is 0 Å². The zero-order chi connectivity index (χ0) is 17.6. The summed E-state index contributed by atoms with van der Waals surface area (Å²) < 4.78 is 0. The van der Waals surface area contributed by atoms with Crippen LogP contribution < -0.4 is 0 Å². The SMILES string of the molecule is O=C(c1[nH]cc2c1C=CC(c1ccccc1)(c1ccccc1)C2)C1CC1. The molecule has 0 bridgehead atoms. The van der Waals surface area contributed by atoms with Gasteiger partial charge in [-0.2, -0.15) is 0 Å². The predicted octanol–water partition coefficient (Wildman–Crippen LogP) is 5.16. The maximum Gasteiger partial charge on any atom is 0.182 e. The van der Waals surface area contributed by atoms with E-state index in [1.165, 1.54) is 16.7 Å². The highest BCUT2D eigenvalue weighted by molar-refractivity contribution is 6.01. The number of hydrogen-bond donors (Lipinski definition) is 1. The summed E-state index contributed by atoms with van der Waals surface area (Å²) in [5.74, 6) is 0.518. The van der Waals surface area contributed by atoms with E-state index in [2.05, 4.69) is 77.8 Å². The van der Waals surface area contributed by atoms with Crippen LogP contribution in [0.5, 0.6) is 0 Å². The Morgan fingerprint density at radius 3 is 2.12 bits per heavy atom. The van der Waals surface area contributed by atoms with Crippen LogP contribution in [0.25, 0.3) is 6.08 Å². The number of hydrogen-bond acceptors (Lipinski definition) is 1. The highest BCUT2D eigenvalue weighted by Gasteiger charge is 2.38. The van der Waals surface area contributed by atoms with E-state index < -0.39 is 0 Å². The molecular weight excluding hydrogens is 318 g/mol. The number of carbonyl (C=O) groups is 1. The van der Waals surface area contributed by atoms with Crippen molar-refractivity contribution < 1.29 is 4.79 Å². The number of allylic oxidation sites excluding steroid dienone is 1. The van der Waals surface area contributed by atoms with Crippen LogP contribution in [0.15, 0.2) is 72.9 Å². The van der Waals surface area contributed by atoms with Crippen molar-refractivity contribution in [1.29, 1.82) is 0 Å². The summed E-state index contributed by atoms with van der Waals surface area (Å²) in [6, 6.07) is 21.3. The molecule has 0 radical (unpaired) electrons. The molecule has 0 saturated heterocycles. The van der Waals surface area contributed by atoms with Crippen molar-refractivity contribution in [2.45, 2.75) is 24.7 Å². The Morgan fingerprint density at radius 2 is 1.54 bits per heavy atom. The summed E-state index contributed by atoms with van der Waals surface area (Å²) >= 11 is 0. The summed E-state index contributed by atoms with van der Waals surface area (Å²) in [5, 5.41) is 0. The predicted molar refractivity (Wildman–Crippen MR) is 104 cm³/mol. The van der Waals surface area contributed by atoms with Crippen molar-refractivity contribution in [3.8, 4) is 0 Å². The van der Waals surface area contributed by atoms with Crippen LogP contribution in [0.1, 0.15) is 45.6 Å². The number of aromatic amines is 1.